The summed E-state index contributed by atoms with van der Waals surface area (Å²) in [5, 5.41) is 20.3. The molecular formula is C31H35NO5. The number of carbonyl (C=O) groups is 2. The van der Waals surface area contributed by atoms with Crippen LogP contribution in [0.3, 0.4) is 0 Å². The molecule has 0 bridgehead atoms. The Balaban J connectivity index is 1.36. The van der Waals surface area contributed by atoms with Crippen molar-refractivity contribution in [2.24, 2.45) is 17.8 Å². The van der Waals surface area contributed by atoms with Gasteiger partial charge in [-0.15, -0.1) is 0 Å². The second-order valence-electron chi connectivity index (χ2n) is 10.5. The van der Waals surface area contributed by atoms with Crippen LogP contribution in [0.1, 0.15) is 49.3 Å². The highest BCUT2D eigenvalue weighted by molar-refractivity contribution is 6.22. The van der Waals surface area contributed by atoms with E-state index in [0.717, 1.165) is 47.1 Å². The monoisotopic (exact) mass is 501 g/mol. The Morgan fingerprint density at radius 3 is 2.43 bits per heavy atom. The first-order chi connectivity index (χ1) is 17.8. The minimum atomic E-state index is -0.446. The number of benzene rings is 2. The van der Waals surface area contributed by atoms with Gasteiger partial charge in [0.1, 0.15) is 5.75 Å². The number of aliphatic hydroxyl groups excluding tert-OH is 1. The fourth-order valence-electron chi connectivity index (χ4n) is 6.43. The number of allylic oxidation sites excluding steroid dienone is 1. The molecule has 2 aromatic carbocycles. The van der Waals surface area contributed by atoms with E-state index in [9.17, 15) is 19.8 Å². The smallest absolute Gasteiger partial charge is 0.238 e. The van der Waals surface area contributed by atoms with E-state index in [1.807, 2.05) is 44.2 Å². The van der Waals surface area contributed by atoms with Gasteiger partial charge in [0.2, 0.25) is 11.8 Å². The number of phenols is 1. The summed E-state index contributed by atoms with van der Waals surface area (Å²) in [5.74, 6) is -1.05. The number of fused-ring (bicyclic) bond motifs is 3. The Bertz CT molecular complexity index is 1250. The largest absolute Gasteiger partial charge is 0.507 e. The van der Waals surface area contributed by atoms with Gasteiger partial charge in [0.05, 0.1) is 36.8 Å². The molecule has 2 heterocycles. The number of nitrogens with zero attached hydrogens (tertiary/aromatic N) is 1. The van der Waals surface area contributed by atoms with E-state index in [2.05, 4.69) is 13.0 Å². The lowest BCUT2D eigenvalue weighted by atomic mass is 9.69. The van der Waals surface area contributed by atoms with Gasteiger partial charge in [-0.3, -0.25) is 14.5 Å². The first-order valence-corrected chi connectivity index (χ1v) is 13.2. The molecule has 194 valence electrons. The molecule has 0 saturated carbocycles. The van der Waals surface area contributed by atoms with Crippen LogP contribution in [0.5, 0.6) is 5.75 Å². The Morgan fingerprint density at radius 1 is 1.08 bits per heavy atom. The maximum atomic E-state index is 13.5. The number of imide groups is 1. The number of ether oxygens (including phenoxy) is 1. The summed E-state index contributed by atoms with van der Waals surface area (Å²) in [6.45, 7) is 6.23. The molecule has 2 saturated heterocycles. The Kier molecular flexibility index (Phi) is 7.06. The van der Waals surface area contributed by atoms with Crippen LogP contribution in [0, 0.1) is 31.6 Å². The second-order valence-corrected chi connectivity index (χ2v) is 10.5. The van der Waals surface area contributed by atoms with Gasteiger partial charge in [0, 0.05) is 5.92 Å². The summed E-state index contributed by atoms with van der Waals surface area (Å²) in [5.41, 5.74) is 6.56. The highest BCUT2D eigenvalue weighted by Crippen LogP contribution is 2.50. The SMILES string of the molecule is CC/C(=C\c1cc(C)c(O)c(C)c1)CC[C@H]1OC[C@H]2C1=C(CO)C[C@H]1C(=O)N(c3ccccc3)C(=O)[C@H]12. The lowest BCUT2D eigenvalue weighted by molar-refractivity contribution is -0.122. The van der Waals surface area contributed by atoms with Gasteiger partial charge in [-0.2, -0.15) is 0 Å². The van der Waals surface area contributed by atoms with E-state index in [1.54, 1.807) is 12.1 Å². The van der Waals surface area contributed by atoms with Crippen molar-refractivity contribution in [2.45, 2.75) is 52.6 Å². The van der Waals surface area contributed by atoms with Crippen molar-refractivity contribution in [2.75, 3.05) is 18.1 Å². The maximum absolute atomic E-state index is 13.5. The number of hydrogen-bond donors (Lipinski definition) is 2. The number of para-hydroxylation sites is 1. The van der Waals surface area contributed by atoms with Crippen molar-refractivity contribution in [1.29, 1.82) is 0 Å². The van der Waals surface area contributed by atoms with E-state index in [0.29, 0.717) is 24.5 Å². The zero-order valence-electron chi connectivity index (χ0n) is 21.7. The van der Waals surface area contributed by atoms with Crippen LogP contribution < -0.4 is 4.90 Å². The van der Waals surface area contributed by atoms with E-state index < -0.39 is 11.8 Å². The van der Waals surface area contributed by atoms with Crippen LogP contribution in [-0.2, 0) is 14.3 Å². The fraction of sp³-hybridized carbons (Fsp3) is 0.419. The number of anilines is 1. The van der Waals surface area contributed by atoms with Gasteiger partial charge in [-0.25, -0.2) is 0 Å². The number of aromatic hydroxyl groups is 1. The van der Waals surface area contributed by atoms with Crippen molar-refractivity contribution in [3.63, 3.8) is 0 Å². The summed E-state index contributed by atoms with van der Waals surface area (Å²) in [7, 11) is 0. The van der Waals surface area contributed by atoms with E-state index >= 15 is 0 Å². The van der Waals surface area contributed by atoms with E-state index in [4.69, 9.17) is 4.74 Å². The van der Waals surface area contributed by atoms with Crippen LogP contribution >= 0.6 is 0 Å². The Hall–Kier alpha value is -3.22. The molecule has 37 heavy (non-hydrogen) atoms. The number of aryl methyl sites for hydroxylation is 2. The molecular weight excluding hydrogens is 466 g/mol. The molecule has 1 aliphatic carbocycles. The molecule has 0 radical (unpaired) electrons. The van der Waals surface area contributed by atoms with Crippen molar-refractivity contribution in [1.82, 2.24) is 0 Å². The van der Waals surface area contributed by atoms with Crippen molar-refractivity contribution in [3.8, 4) is 5.75 Å². The minimum Gasteiger partial charge on any atom is -0.507 e. The molecule has 2 N–H and O–H groups in total. The number of carbonyl (C=O) groups excluding carboxylic acids is 2. The summed E-state index contributed by atoms with van der Waals surface area (Å²) in [6, 6.07) is 13.1. The predicted octanol–water partition coefficient (Wildman–Crippen LogP) is 5.10. The molecule has 0 unspecified atom stereocenters. The van der Waals surface area contributed by atoms with Crippen molar-refractivity contribution in [3.05, 3.63) is 75.9 Å². The van der Waals surface area contributed by atoms with Crippen LogP contribution in [0.25, 0.3) is 6.08 Å². The highest BCUT2D eigenvalue weighted by Gasteiger charge is 2.57. The van der Waals surface area contributed by atoms with Crippen LogP contribution in [0.4, 0.5) is 5.69 Å². The molecule has 4 atom stereocenters. The Labute approximate surface area is 218 Å². The topological polar surface area (TPSA) is 87.1 Å². The quantitative estimate of drug-likeness (QED) is 0.407. The van der Waals surface area contributed by atoms with E-state index in [1.165, 1.54) is 10.5 Å². The molecule has 3 aliphatic rings. The molecule has 0 aromatic heterocycles. The first-order valence-electron chi connectivity index (χ1n) is 13.2. The summed E-state index contributed by atoms with van der Waals surface area (Å²) in [4.78, 5) is 28.2. The molecule has 5 rings (SSSR count). The van der Waals surface area contributed by atoms with Gasteiger partial charge in [-0.05, 0) is 91.6 Å². The maximum Gasteiger partial charge on any atom is 0.238 e. The summed E-state index contributed by atoms with van der Waals surface area (Å²) >= 11 is 0. The zero-order valence-corrected chi connectivity index (χ0v) is 21.7. The zero-order chi connectivity index (χ0) is 26.3. The summed E-state index contributed by atoms with van der Waals surface area (Å²) < 4.78 is 6.25. The molecule has 2 aromatic rings. The fourth-order valence-corrected chi connectivity index (χ4v) is 6.43. The molecule has 2 fully saturated rings. The summed E-state index contributed by atoms with van der Waals surface area (Å²) in [6.07, 6.45) is 4.90. The molecule has 0 spiro atoms. The van der Waals surface area contributed by atoms with Gasteiger partial charge in [0.15, 0.2) is 0 Å². The predicted molar refractivity (Wildman–Crippen MR) is 143 cm³/mol. The average Bonchev–Trinajstić information content (AvgIpc) is 3.43. The third-order valence-electron chi connectivity index (χ3n) is 8.28. The lowest BCUT2D eigenvalue weighted by Gasteiger charge is -2.31. The first kappa shape index (κ1) is 25.4. The van der Waals surface area contributed by atoms with Crippen LogP contribution in [-0.4, -0.2) is 41.3 Å². The van der Waals surface area contributed by atoms with Gasteiger partial charge in [0.25, 0.3) is 0 Å². The number of phenolic OH excluding ortho intramolecular Hbond substituents is 1. The number of hydrogen-bond acceptors (Lipinski definition) is 5. The minimum absolute atomic E-state index is 0.121. The lowest BCUT2D eigenvalue weighted by Crippen LogP contribution is -2.35. The standard InChI is InChI=1S/C31H35NO5/c1-4-20(14-21-12-18(2)29(34)19(3)13-21)10-11-26-27-22(16-33)15-24-28(25(27)17-37-26)31(36)32(30(24)35)23-8-6-5-7-9-23/h5-9,12-14,24-26,28,33-34H,4,10-11,15-17H2,1-3H3/b20-14+/t24-,25+,26-,28-/m1/s1. The average molecular weight is 502 g/mol. The highest BCUT2D eigenvalue weighted by atomic mass is 16.5. The van der Waals surface area contributed by atoms with Gasteiger partial charge >= 0.3 is 0 Å². The van der Waals surface area contributed by atoms with Crippen molar-refractivity contribution < 1.29 is 24.5 Å². The van der Waals surface area contributed by atoms with Crippen LogP contribution in [0.15, 0.2) is 59.2 Å². The molecule has 6 heteroatoms. The third kappa shape index (κ3) is 4.53. The van der Waals surface area contributed by atoms with E-state index in [-0.39, 0.29) is 30.4 Å². The van der Waals surface area contributed by atoms with Crippen LogP contribution in [0.2, 0.25) is 0 Å². The number of rotatable bonds is 7. The Morgan fingerprint density at radius 2 is 1.78 bits per heavy atom. The second kappa shape index (κ2) is 10.3. The van der Waals surface area contributed by atoms with Gasteiger partial charge in [-0.1, -0.05) is 36.8 Å². The normalized spacial score (nSPS) is 25.6. The van der Waals surface area contributed by atoms with Gasteiger partial charge < -0.3 is 14.9 Å². The molecule has 6 nitrogen and oxygen atoms in total. The molecule has 2 amide bonds. The molecule has 2 aliphatic heterocycles. The third-order valence-corrected chi connectivity index (χ3v) is 8.28. The number of amides is 2. The van der Waals surface area contributed by atoms with Crippen molar-refractivity contribution >= 4 is 23.6 Å². The number of aliphatic hydroxyl groups is 1.